The molecule has 3 unspecified atom stereocenters. The number of amides is 1. The molecule has 4 atom stereocenters. The van der Waals surface area contributed by atoms with Crippen molar-refractivity contribution in [3.63, 3.8) is 0 Å². The molecule has 1 N–H and O–H groups in total. The zero-order valence-electron chi connectivity index (χ0n) is 14.5. The van der Waals surface area contributed by atoms with Crippen LogP contribution in [-0.2, 0) is 9.59 Å². The lowest BCUT2D eigenvalue weighted by molar-refractivity contribution is -0.150. The molecule has 6 nitrogen and oxygen atoms in total. The fourth-order valence-electron chi connectivity index (χ4n) is 2.99. The van der Waals surface area contributed by atoms with Crippen LogP contribution in [0.15, 0.2) is 53.1 Å². The SMILES string of the molecule is CC(C(=O)N1C(c2ccco2)SC[C@H]1C(=O)O)C(S)C(=O)c1ccccc1. The second-order valence-corrected chi connectivity index (χ2v) is 7.93. The maximum Gasteiger partial charge on any atom is 0.327 e. The number of Topliss-reactive ketones (excluding diaryl/α,β-unsaturated/α-hetero) is 1. The average molecular weight is 405 g/mol. The number of carboxylic acid groups (broad SMARTS) is 1. The van der Waals surface area contributed by atoms with Crippen molar-refractivity contribution >= 4 is 42.1 Å². The highest BCUT2D eigenvalue weighted by Crippen LogP contribution is 2.42. The summed E-state index contributed by atoms with van der Waals surface area (Å²) < 4.78 is 5.39. The van der Waals surface area contributed by atoms with Crippen LogP contribution in [0.5, 0.6) is 0 Å². The Hall–Kier alpha value is -2.19. The summed E-state index contributed by atoms with van der Waals surface area (Å²) in [5.74, 6) is -1.81. The molecule has 0 radical (unpaired) electrons. The Morgan fingerprint density at radius 3 is 2.52 bits per heavy atom. The molecule has 1 fully saturated rings. The van der Waals surface area contributed by atoms with Crippen LogP contribution in [0.25, 0.3) is 0 Å². The van der Waals surface area contributed by atoms with E-state index in [0.717, 1.165) is 0 Å². The van der Waals surface area contributed by atoms with Gasteiger partial charge >= 0.3 is 5.97 Å². The molecule has 1 amide bonds. The number of ketones is 1. The molecule has 0 saturated carbocycles. The van der Waals surface area contributed by atoms with Gasteiger partial charge < -0.3 is 14.4 Å². The first kappa shape index (κ1) is 19.6. The minimum atomic E-state index is -1.08. The summed E-state index contributed by atoms with van der Waals surface area (Å²) in [6.07, 6.45) is 1.48. The number of nitrogens with zero attached hydrogens (tertiary/aromatic N) is 1. The fourth-order valence-corrected chi connectivity index (χ4v) is 4.64. The third kappa shape index (κ3) is 3.91. The Morgan fingerprint density at radius 2 is 1.93 bits per heavy atom. The van der Waals surface area contributed by atoms with Gasteiger partial charge in [-0.1, -0.05) is 37.3 Å². The average Bonchev–Trinajstić information content (AvgIpc) is 3.35. The number of hydrogen-bond donors (Lipinski definition) is 2. The first-order chi connectivity index (χ1) is 12.9. The second-order valence-electron chi connectivity index (χ2n) is 6.26. The summed E-state index contributed by atoms with van der Waals surface area (Å²) >= 11 is 5.70. The molecule has 2 heterocycles. The molecular weight excluding hydrogens is 386 g/mol. The van der Waals surface area contributed by atoms with Gasteiger partial charge in [-0.3, -0.25) is 9.59 Å². The number of carbonyl (C=O) groups excluding carboxylic acids is 2. The minimum Gasteiger partial charge on any atom is -0.480 e. The van der Waals surface area contributed by atoms with Gasteiger partial charge in [0.25, 0.3) is 0 Å². The number of carbonyl (C=O) groups is 3. The predicted octanol–water partition coefficient (Wildman–Crippen LogP) is 3.12. The van der Waals surface area contributed by atoms with Gasteiger partial charge in [0, 0.05) is 11.3 Å². The van der Waals surface area contributed by atoms with Gasteiger partial charge in [-0.15, -0.1) is 11.8 Å². The quantitative estimate of drug-likeness (QED) is 0.567. The van der Waals surface area contributed by atoms with Gasteiger partial charge in [0.1, 0.15) is 17.2 Å². The van der Waals surface area contributed by atoms with Crippen molar-refractivity contribution < 1.29 is 23.9 Å². The van der Waals surface area contributed by atoms with Gasteiger partial charge in [-0.25, -0.2) is 4.79 Å². The molecule has 0 bridgehead atoms. The Bertz CT molecular complexity index is 824. The van der Waals surface area contributed by atoms with E-state index in [1.165, 1.54) is 22.9 Å². The largest absolute Gasteiger partial charge is 0.480 e. The standard InChI is InChI=1S/C19H19NO5S2/c1-11(16(26)15(21)12-6-3-2-4-7-12)17(22)20-13(19(23)24)10-27-18(20)14-8-5-9-25-14/h2-9,11,13,16,18,26H,10H2,1H3,(H,23,24)/t11?,13-,16?,18?/m0/s1. The highest BCUT2D eigenvalue weighted by molar-refractivity contribution is 7.99. The van der Waals surface area contributed by atoms with Crippen LogP contribution < -0.4 is 0 Å². The summed E-state index contributed by atoms with van der Waals surface area (Å²) in [5.41, 5.74) is 0.463. The lowest BCUT2D eigenvalue weighted by Crippen LogP contribution is -2.47. The zero-order chi connectivity index (χ0) is 19.6. The van der Waals surface area contributed by atoms with E-state index in [1.807, 2.05) is 0 Å². The molecule has 142 valence electrons. The Kier molecular flexibility index (Phi) is 5.96. The van der Waals surface area contributed by atoms with E-state index in [9.17, 15) is 19.5 Å². The minimum absolute atomic E-state index is 0.253. The summed E-state index contributed by atoms with van der Waals surface area (Å²) in [5, 5.41) is 8.12. The number of furan rings is 1. The number of carboxylic acids is 1. The van der Waals surface area contributed by atoms with E-state index in [0.29, 0.717) is 11.3 Å². The third-order valence-corrected chi connectivity index (χ3v) is 6.48. The van der Waals surface area contributed by atoms with Crippen molar-refractivity contribution in [3.05, 3.63) is 60.1 Å². The van der Waals surface area contributed by atoms with Crippen molar-refractivity contribution in [1.82, 2.24) is 4.90 Å². The number of rotatable bonds is 6. The van der Waals surface area contributed by atoms with Crippen molar-refractivity contribution in [2.75, 3.05) is 5.75 Å². The molecule has 0 aliphatic carbocycles. The van der Waals surface area contributed by atoms with Crippen LogP contribution in [-0.4, -0.2) is 44.7 Å². The fraction of sp³-hybridized carbons (Fsp3) is 0.316. The lowest BCUT2D eigenvalue weighted by Gasteiger charge is -2.30. The van der Waals surface area contributed by atoms with Crippen LogP contribution >= 0.6 is 24.4 Å². The molecule has 1 saturated heterocycles. The van der Waals surface area contributed by atoms with E-state index < -0.39 is 34.5 Å². The van der Waals surface area contributed by atoms with Crippen LogP contribution in [0.3, 0.4) is 0 Å². The first-order valence-corrected chi connectivity index (χ1v) is 9.95. The summed E-state index contributed by atoms with van der Waals surface area (Å²) in [6.45, 7) is 1.60. The number of hydrogen-bond acceptors (Lipinski definition) is 6. The van der Waals surface area contributed by atoms with Gasteiger partial charge in [0.2, 0.25) is 5.91 Å². The zero-order valence-corrected chi connectivity index (χ0v) is 16.2. The number of aliphatic carboxylic acids is 1. The van der Waals surface area contributed by atoms with Crippen LogP contribution in [0.4, 0.5) is 0 Å². The van der Waals surface area contributed by atoms with E-state index in [1.54, 1.807) is 49.4 Å². The maximum atomic E-state index is 13.1. The van der Waals surface area contributed by atoms with Crippen molar-refractivity contribution in [2.45, 2.75) is 23.6 Å². The summed E-state index contributed by atoms with van der Waals surface area (Å²) in [7, 11) is 0. The topological polar surface area (TPSA) is 87.8 Å². The molecule has 1 aliphatic rings. The van der Waals surface area contributed by atoms with Gasteiger partial charge in [0.05, 0.1) is 17.4 Å². The first-order valence-electron chi connectivity index (χ1n) is 8.39. The second kappa shape index (κ2) is 8.22. The highest BCUT2D eigenvalue weighted by Gasteiger charge is 2.46. The molecule has 1 aliphatic heterocycles. The molecule has 8 heteroatoms. The highest BCUT2D eigenvalue weighted by atomic mass is 32.2. The number of thioether (sulfide) groups is 1. The third-order valence-electron chi connectivity index (χ3n) is 4.52. The van der Waals surface area contributed by atoms with Gasteiger partial charge in [-0.2, -0.15) is 12.6 Å². The van der Waals surface area contributed by atoms with Gasteiger partial charge in [0.15, 0.2) is 5.78 Å². The van der Waals surface area contributed by atoms with Crippen LogP contribution in [0, 0.1) is 5.92 Å². The van der Waals surface area contributed by atoms with E-state index in [4.69, 9.17) is 4.42 Å². The van der Waals surface area contributed by atoms with Crippen molar-refractivity contribution in [3.8, 4) is 0 Å². The van der Waals surface area contributed by atoms with E-state index in [2.05, 4.69) is 12.6 Å². The Morgan fingerprint density at radius 1 is 1.22 bits per heavy atom. The normalized spacial score (nSPS) is 21.6. The lowest BCUT2D eigenvalue weighted by atomic mass is 9.97. The molecule has 27 heavy (non-hydrogen) atoms. The van der Waals surface area contributed by atoms with Gasteiger partial charge in [-0.05, 0) is 12.1 Å². The molecule has 0 spiro atoms. The molecular formula is C19H19NO5S2. The molecule has 1 aromatic heterocycles. The Labute approximate surface area is 166 Å². The molecule has 2 aromatic rings. The van der Waals surface area contributed by atoms with Crippen molar-refractivity contribution in [1.29, 1.82) is 0 Å². The van der Waals surface area contributed by atoms with Crippen LogP contribution in [0.1, 0.15) is 28.4 Å². The predicted molar refractivity (Wildman–Crippen MR) is 105 cm³/mol. The number of thiol groups is 1. The maximum absolute atomic E-state index is 13.1. The summed E-state index contributed by atoms with van der Waals surface area (Å²) in [4.78, 5) is 38.8. The molecule has 1 aromatic carbocycles. The smallest absolute Gasteiger partial charge is 0.327 e. The summed E-state index contributed by atoms with van der Waals surface area (Å²) in [6, 6.07) is 11.0. The van der Waals surface area contributed by atoms with Crippen LogP contribution in [0.2, 0.25) is 0 Å². The Balaban J connectivity index is 1.84. The molecule has 3 rings (SSSR count). The van der Waals surface area contributed by atoms with E-state index >= 15 is 0 Å². The van der Waals surface area contributed by atoms with Crippen molar-refractivity contribution in [2.24, 2.45) is 5.92 Å². The number of benzene rings is 1. The van der Waals surface area contributed by atoms with E-state index in [-0.39, 0.29) is 11.5 Å². The monoisotopic (exact) mass is 405 g/mol.